The third kappa shape index (κ3) is 3.34. The van der Waals surface area contributed by atoms with Crippen LogP contribution in [0.5, 0.6) is 0 Å². The van der Waals surface area contributed by atoms with E-state index in [0.717, 1.165) is 26.1 Å². The minimum atomic E-state index is -0.251. The second-order valence-electron chi connectivity index (χ2n) is 7.77. The minimum absolute atomic E-state index is 0.0214. The van der Waals surface area contributed by atoms with Crippen LogP contribution in [0.4, 0.5) is 4.79 Å². The normalized spacial score (nSPS) is 24.2. The number of hydrogen-bond acceptors (Lipinski definition) is 5. The number of ether oxygens (including phenoxy) is 1. The van der Waals surface area contributed by atoms with Crippen molar-refractivity contribution in [1.29, 1.82) is 0 Å². The van der Waals surface area contributed by atoms with Crippen LogP contribution in [0.3, 0.4) is 0 Å². The maximum atomic E-state index is 12.6. The van der Waals surface area contributed by atoms with Crippen molar-refractivity contribution in [3.05, 3.63) is 11.7 Å². The summed E-state index contributed by atoms with van der Waals surface area (Å²) < 4.78 is 11.0. The molecule has 0 saturated carbocycles. The number of carbonyl (C=O) groups is 1. The second-order valence-corrected chi connectivity index (χ2v) is 7.77. The minimum Gasteiger partial charge on any atom is -0.381 e. The predicted octanol–water partition coefficient (Wildman–Crippen LogP) is 2.08. The summed E-state index contributed by atoms with van der Waals surface area (Å²) in [5, 5.41) is 6.98. The van der Waals surface area contributed by atoms with E-state index < -0.39 is 0 Å². The van der Waals surface area contributed by atoms with Gasteiger partial charge in [-0.1, -0.05) is 5.16 Å². The molecular formula is C16H26N4O3. The van der Waals surface area contributed by atoms with E-state index in [2.05, 4.69) is 15.5 Å². The Morgan fingerprint density at radius 3 is 2.61 bits per heavy atom. The number of likely N-dealkylation sites (tertiary alicyclic amines) is 1. The number of rotatable bonds is 1. The summed E-state index contributed by atoms with van der Waals surface area (Å²) in [4.78, 5) is 18.9. The monoisotopic (exact) mass is 322 g/mol. The fourth-order valence-electron chi connectivity index (χ4n) is 3.60. The van der Waals surface area contributed by atoms with Crippen molar-refractivity contribution in [2.45, 2.75) is 52.0 Å². The molecule has 2 saturated heterocycles. The highest BCUT2D eigenvalue weighted by Gasteiger charge is 2.51. The van der Waals surface area contributed by atoms with Crippen LogP contribution in [0.15, 0.2) is 4.52 Å². The van der Waals surface area contributed by atoms with Gasteiger partial charge in [0.15, 0.2) is 5.82 Å². The fourth-order valence-corrected chi connectivity index (χ4v) is 3.60. The molecule has 7 nitrogen and oxygen atoms in total. The molecule has 3 rings (SSSR count). The van der Waals surface area contributed by atoms with Gasteiger partial charge in [0.25, 0.3) is 0 Å². The van der Waals surface area contributed by atoms with Gasteiger partial charge in [0.1, 0.15) is 0 Å². The Balaban J connectivity index is 1.83. The summed E-state index contributed by atoms with van der Waals surface area (Å²) in [5.41, 5.74) is -0.272. The summed E-state index contributed by atoms with van der Waals surface area (Å²) in [6.45, 7) is 10.6. The Kier molecular flexibility index (Phi) is 4.08. The second kappa shape index (κ2) is 5.78. The molecule has 2 fully saturated rings. The first-order chi connectivity index (χ1) is 10.8. The van der Waals surface area contributed by atoms with Gasteiger partial charge >= 0.3 is 6.03 Å². The lowest BCUT2D eigenvalue weighted by Gasteiger charge is -2.36. The lowest BCUT2D eigenvalue weighted by Crippen LogP contribution is -2.48. The molecule has 1 unspecified atom stereocenters. The highest BCUT2D eigenvalue weighted by Crippen LogP contribution is 2.49. The zero-order chi connectivity index (χ0) is 16.7. The van der Waals surface area contributed by atoms with E-state index in [0.29, 0.717) is 24.8 Å². The van der Waals surface area contributed by atoms with Gasteiger partial charge in [0, 0.05) is 37.3 Å². The number of carbonyl (C=O) groups excluding carboxylic acids is 1. The van der Waals surface area contributed by atoms with Gasteiger partial charge in [-0.25, -0.2) is 4.79 Å². The van der Waals surface area contributed by atoms with E-state index >= 15 is 0 Å². The number of aromatic nitrogens is 2. The molecule has 0 aliphatic carbocycles. The maximum Gasteiger partial charge on any atom is 0.317 e. The quantitative estimate of drug-likeness (QED) is 0.856. The summed E-state index contributed by atoms with van der Waals surface area (Å²) in [6.07, 6.45) is 1.83. The standard InChI is InChI=1S/C16H26N4O3/c1-11-17-13(23-19-11)12-9-20(14(21)18-15(2,3)4)10-16(12)5-7-22-8-6-16/h12H,5-10H2,1-4H3,(H,18,21). The van der Waals surface area contributed by atoms with Gasteiger partial charge in [-0.05, 0) is 40.5 Å². The number of amides is 2. The van der Waals surface area contributed by atoms with Crippen molar-refractivity contribution in [3.8, 4) is 0 Å². The van der Waals surface area contributed by atoms with Crippen molar-refractivity contribution >= 4 is 6.03 Å². The van der Waals surface area contributed by atoms with Crippen molar-refractivity contribution in [2.75, 3.05) is 26.3 Å². The van der Waals surface area contributed by atoms with Crippen LogP contribution in [0.2, 0.25) is 0 Å². The summed E-state index contributed by atoms with van der Waals surface area (Å²) in [7, 11) is 0. The predicted molar refractivity (Wildman–Crippen MR) is 84.1 cm³/mol. The van der Waals surface area contributed by atoms with Crippen molar-refractivity contribution in [1.82, 2.24) is 20.4 Å². The van der Waals surface area contributed by atoms with Gasteiger partial charge in [0.2, 0.25) is 5.89 Å². The first-order valence-corrected chi connectivity index (χ1v) is 8.24. The van der Waals surface area contributed by atoms with Gasteiger partial charge in [-0.2, -0.15) is 4.98 Å². The molecule has 1 aromatic rings. The highest BCUT2D eigenvalue weighted by molar-refractivity contribution is 5.75. The van der Waals surface area contributed by atoms with Crippen LogP contribution in [0.1, 0.15) is 51.2 Å². The third-order valence-corrected chi connectivity index (χ3v) is 4.75. The van der Waals surface area contributed by atoms with Crippen LogP contribution < -0.4 is 5.32 Å². The molecule has 0 radical (unpaired) electrons. The number of urea groups is 1. The molecular weight excluding hydrogens is 296 g/mol. The zero-order valence-corrected chi connectivity index (χ0v) is 14.4. The van der Waals surface area contributed by atoms with E-state index in [4.69, 9.17) is 9.26 Å². The summed E-state index contributed by atoms with van der Waals surface area (Å²) >= 11 is 0. The SMILES string of the molecule is Cc1noc(C2CN(C(=O)NC(C)(C)C)CC23CCOCC3)n1. The molecule has 7 heteroatoms. The lowest BCUT2D eigenvalue weighted by molar-refractivity contribution is 0.00935. The molecule has 1 aromatic heterocycles. The smallest absolute Gasteiger partial charge is 0.317 e. The van der Waals surface area contributed by atoms with E-state index in [9.17, 15) is 4.79 Å². The molecule has 2 aliphatic rings. The summed E-state index contributed by atoms with van der Waals surface area (Å²) in [5.74, 6) is 1.37. The molecule has 3 heterocycles. The molecule has 2 aliphatic heterocycles. The van der Waals surface area contributed by atoms with Gasteiger partial charge < -0.3 is 19.5 Å². The Labute approximate surface area is 136 Å². The molecule has 2 amide bonds. The molecule has 0 aromatic carbocycles. The number of nitrogens with one attached hydrogen (secondary N) is 1. The van der Waals surface area contributed by atoms with Crippen molar-refractivity contribution < 1.29 is 14.1 Å². The van der Waals surface area contributed by atoms with Crippen LogP contribution in [-0.2, 0) is 4.74 Å². The fraction of sp³-hybridized carbons (Fsp3) is 0.812. The van der Waals surface area contributed by atoms with Crippen molar-refractivity contribution in [3.63, 3.8) is 0 Å². The van der Waals surface area contributed by atoms with Crippen LogP contribution in [0, 0.1) is 12.3 Å². The van der Waals surface area contributed by atoms with Crippen LogP contribution >= 0.6 is 0 Å². The molecule has 23 heavy (non-hydrogen) atoms. The third-order valence-electron chi connectivity index (χ3n) is 4.75. The van der Waals surface area contributed by atoms with Crippen LogP contribution in [-0.4, -0.2) is 52.9 Å². The number of nitrogens with zero attached hydrogens (tertiary/aromatic N) is 3. The first kappa shape index (κ1) is 16.2. The molecule has 1 N–H and O–H groups in total. The van der Waals surface area contributed by atoms with E-state index in [1.165, 1.54) is 0 Å². The Morgan fingerprint density at radius 1 is 1.35 bits per heavy atom. The lowest BCUT2D eigenvalue weighted by atomic mass is 9.72. The molecule has 1 spiro atoms. The van der Waals surface area contributed by atoms with Crippen molar-refractivity contribution in [2.24, 2.45) is 5.41 Å². The zero-order valence-electron chi connectivity index (χ0n) is 14.4. The first-order valence-electron chi connectivity index (χ1n) is 8.24. The van der Waals surface area contributed by atoms with E-state index in [1.807, 2.05) is 32.6 Å². The van der Waals surface area contributed by atoms with Gasteiger partial charge in [0.05, 0.1) is 5.92 Å². The molecule has 1 atom stereocenters. The van der Waals surface area contributed by atoms with Gasteiger partial charge in [-0.3, -0.25) is 0 Å². The topological polar surface area (TPSA) is 80.5 Å². The summed E-state index contributed by atoms with van der Waals surface area (Å²) in [6, 6.07) is -0.0258. The van der Waals surface area contributed by atoms with E-state index in [-0.39, 0.29) is 22.9 Å². The number of aryl methyl sites for hydroxylation is 1. The number of hydrogen-bond donors (Lipinski definition) is 1. The van der Waals surface area contributed by atoms with Gasteiger partial charge in [-0.15, -0.1) is 0 Å². The van der Waals surface area contributed by atoms with E-state index in [1.54, 1.807) is 0 Å². The molecule has 0 bridgehead atoms. The largest absolute Gasteiger partial charge is 0.381 e. The average Bonchev–Trinajstić information content (AvgIpc) is 3.02. The Bertz CT molecular complexity index is 572. The Hall–Kier alpha value is -1.63. The van der Waals surface area contributed by atoms with Crippen LogP contribution in [0.25, 0.3) is 0 Å². The maximum absolute atomic E-state index is 12.6. The Morgan fingerprint density at radius 2 is 2.04 bits per heavy atom. The highest BCUT2D eigenvalue weighted by atomic mass is 16.5. The molecule has 128 valence electrons. The average molecular weight is 322 g/mol.